The fourth-order valence-corrected chi connectivity index (χ4v) is 2.44. The summed E-state index contributed by atoms with van der Waals surface area (Å²) in [6.07, 6.45) is 1.87. The van der Waals surface area contributed by atoms with E-state index >= 15 is 0 Å². The van der Waals surface area contributed by atoms with Gasteiger partial charge in [-0.3, -0.25) is 4.99 Å². The summed E-state index contributed by atoms with van der Waals surface area (Å²) in [5.41, 5.74) is 2.14. The third kappa shape index (κ3) is 6.50. The number of ether oxygens (including phenoxy) is 2. The van der Waals surface area contributed by atoms with Crippen molar-refractivity contribution in [3.63, 3.8) is 0 Å². The number of aliphatic imine (C=N–C) groups is 1. The van der Waals surface area contributed by atoms with E-state index in [1.54, 1.807) is 7.11 Å². The second kappa shape index (κ2) is 11.3. The van der Waals surface area contributed by atoms with Crippen LogP contribution in [-0.4, -0.2) is 67.9 Å². The molecule has 2 aromatic rings. The fraction of sp³-hybridized carbons (Fsp3) is 0.474. The van der Waals surface area contributed by atoms with Gasteiger partial charge in [-0.05, 0) is 12.5 Å². The van der Waals surface area contributed by atoms with Crippen LogP contribution in [0.2, 0.25) is 0 Å². The van der Waals surface area contributed by atoms with Gasteiger partial charge < -0.3 is 24.7 Å². The van der Waals surface area contributed by atoms with Gasteiger partial charge in [0.15, 0.2) is 5.96 Å². The summed E-state index contributed by atoms with van der Waals surface area (Å²) in [5, 5.41) is 3.30. The van der Waals surface area contributed by atoms with E-state index in [1.165, 1.54) is 0 Å². The Kier molecular flexibility index (Phi) is 8.65. The number of methoxy groups -OCH3 is 1. The van der Waals surface area contributed by atoms with E-state index in [4.69, 9.17) is 9.47 Å². The van der Waals surface area contributed by atoms with Crippen LogP contribution in [0.15, 0.2) is 41.5 Å². The number of hydrogen-bond acceptors (Lipinski definition) is 4. The highest BCUT2D eigenvalue weighted by Crippen LogP contribution is 2.16. The SMILES string of the molecule is CCNC(=NCCOCCOC)N(C)Cc1ncc(-c2ccccc2)[nH]1. The van der Waals surface area contributed by atoms with Crippen molar-refractivity contribution in [3.05, 3.63) is 42.4 Å². The molecule has 142 valence electrons. The van der Waals surface area contributed by atoms with Crippen molar-refractivity contribution in [1.29, 1.82) is 0 Å². The second-order valence-corrected chi connectivity index (χ2v) is 5.81. The van der Waals surface area contributed by atoms with E-state index in [9.17, 15) is 0 Å². The molecule has 7 heteroatoms. The Balaban J connectivity index is 1.90. The molecule has 0 saturated carbocycles. The highest BCUT2D eigenvalue weighted by Gasteiger charge is 2.09. The van der Waals surface area contributed by atoms with Crippen molar-refractivity contribution in [2.75, 3.05) is 47.1 Å². The molecule has 0 bridgehead atoms. The highest BCUT2D eigenvalue weighted by molar-refractivity contribution is 5.79. The van der Waals surface area contributed by atoms with Crippen molar-refractivity contribution in [2.45, 2.75) is 13.5 Å². The number of imidazole rings is 1. The number of benzene rings is 1. The lowest BCUT2D eigenvalue weighted by atomic mass is 10.2. The molecule has 0 aliphatic rings. The van der Waals surface area contributed by atoms with Crippen LogP contribution in [0.3, 0.4) is 0 Å². The quantitative estimate of drug-likeness (QED) is 0.386. The normalized spacial score (nSPS) is 11.6. The minimum absolute atomic E-state index is 0.574. The van der Waals surface area contributed by atoms with Crippen LogP contribution in [0.5, 0.6) is 0 Å². The first-order valence-corrected chi connectivity index (χ1v) is 8.90. The van der Waals surface area contributed by atoms with Gasteiger partial charge in [-0.15, -0.1) is 0 Å². The number of hydrogen-bond donors (Lipinski definition) is 2. The lowest BCUT2D eigenvalue weighted by molar-refractivity contribution is 0.0747. The third-order valence-electron chi connectivity index (χ3n) is 3.73. The van der Waals surface area contributed by atoms with Crippen LogP contribution in [0.1, 0.15) is 12.7 Å². The molecule has 1 aromatic heterocycles. The van der Waals surface area contributed by atoms with E-state index in [0.717, 1.165) is 29.6 Å². The predicted octanol–water partition coefficient (Wildman–Crippen LogP) is 2.14. The number of guanidine groups is 1. The van der Waals surface area contributed by atoms with E-state index in [1.807, 2.05) is 36.3 Å². The first-order chi connectivity index (χ1) is 12.7. The van der Waals surface area contributed by atoms with Crippen LogP contribution in [0.4, 0.5) is 0 Å². The van der Waals surface area contributed by atoms with Gasteiger partial charge in [0.25, 0.3) is 0 Å². The predicted molar refractivity (Wildman–Crippen MR) is 104 cm³/mol. The topological polar surface area (TPSA) is 74.8 Å². The molecular weight excluding hydrogens is 330 g/mol. The Morgan fingerprint density at radius 2 is 2.04 bits per heavy atom. The third-order valence-corrected chi connectivity index (χ3v) is 3.73. The second-order valence-electron chi connectivity index (χ2n) is 5.81. The Bertz CT molecular complexity index is 657. The number of aromatic nitrogens is 2. The van der Waals surface area contributed by atoms with Crippen LogP contribution < -0.4 is 5.32 Å². The number of H-pyrrole nitrogens is 1. The first kappa shape index (κ1) is 19.9. The summed E-state index contributed by atoms with van der Waals surface area (Å²) in [7, 11) is 3.66. The van der Waals surface area contributed by atoms with Crippen molar-refractivity contribution in [1.82, 2.24) is 20.2 Å². The van der Waals surface area contributed by atoms with Gasteiger partial charge in [-0.1, -0.05) is 30.3 Å². The minimum atomic E-state index is 0.574. The van der Waals surface area contributed by atoms with Gasteiger partial charge >= 0.3 is 0 Å². The maximum Gasteiger partial charge on any atom is 0.194 e. The zero-order valence-electron chi connectivity index (χ0n) is 15.9. The molecule has 2 N–H and O–H groups in total. The summed E-state index contributed by atoms with van der Waals surface area (Å²) < 4.78 is 10.4. The highest BCUT2D eigenvalue weighted by atomic mass is 16.5. The van der Waals surface area contributed by atoms with Gasteiger partial charge in [-0.25, -0.2) is 4.98 Å². The average Bonchev–Trinajstić information content (AvgIpc) is 3.13. The number of aromatic amines is 1. The van der Waals surface area contributed by atoms with Crippen molar-refractivity contribution < 1.29 is 9.47 Å². The number of nitrogens with zero attached hydrogens (tertiary/aromatic N) is 3. The molecule has 0 aliphatic carbocycles. The molecular formula is C19H29N5O2. The lowest BCUT2D eigenvalue weighted by Gasteiger charge is -2.21. The van der Waals surface area contributed by atoms with E-state index in [0.29, 0.717) is 32.9 Å². The van der Waals surface area contributed by atoms with Crippen LogP contribution in [0.25, 0.3) is 11.3 Å². The summed E-state index contributed by atoms with van der Waals surface area (Å²) in [6.45, 7) is 5.87. The van der Waals surface area contributed by atoms with Gasteiger partial charge in [0, 0.05) is 20.7 Å². The maximum absolute atomic E-state index is 5.46. The Morgan fingerprint density at radius 3 is 2.77 bits per heavy atom. The summed E-state index contributed by atoms with van der Waals surface area (Å²) >= 11 is 0. The molecule has 0 aliphatic heterocycles. The van der Waals surface area contributed by atoms with E-state index in [-0.39, 0.29) is 0 Å². The Hall–Kier alpha value is -2.38. The Morgan fingerprint density at radius 1 is 1.23 bits per heavy atom. The zero-order chi connectivity index (χ0) is 18.6. The molecule has 0 fully saturated rings. The lowest BCUT2D eigenvalue weighted by Crippen LogP contribution is -2.39. The molecule has 0 saturated heterocycles. The van der Waals surface area contributed by atoms with Crippen molar-refractivity contribution in [3.8, 4) is 11.3 Å². The minimum Gasteiger partial charge on any atom is -0.382 e. The largest absolute Gasteiger partial charge is 0.382 e. The number of nitrogens with one attached hydrogen (secondary N) is 2. The summed E-state index contributed by atoms with van der Waals surface area (Å²) in [5.74, 6) is 1.73. The van der Waals surface area contributed by atoms with Crippen LogP contribution in [-0.2, 0) is 16.0 Å². The average molecular weight is 359 g/mol. The summed E-state index contributed by atoms with van der Waals surface area (Å²) in [4.78, 5) is 14.5. The molecule has 7 nitrogen and oxygen atoms in total. The van der Waals surface area contributed by atoms with Gasteiger partial charge in [0.1, 0.15) is 5.82 Å². The van der Waals surface area contributed by atoms with Gasteiger partial charge in [0.2, 0.25) is 0 Å². The molecule has 0 spiro atoms. The van der Waals surface area contributed by atoms with E-state index < -0.39 is 0 Å². The van der Waals surface area contributed by atoms with Gasteiger partial charge in [0.05, 0.1) is 44.8 Å². The standard InChI is InChI=1S/C19H29N5O2/c1-4-20-19(21-10-11-26-13-12-25-3)24(2)15-18-22-14-17(23-18)16-8-6-5-7-9-16/h5-9,14H,4,10-13,15H2,1-3H3,(H,20,21)(H,22,23). The summed E-state index contributed by atoms with van der Waals surface area (Å²) in [6, 6.07) is 10.2. The molecule has 1 aromatic carbocycles. The number of rotatable bonds is 10. The monoisotopic (exact) mass is 359 g/mol. The van der Waals surface area contributed by atoms with Crippen LogP contribution in [0, 0.1) is 0 Å². The molecule has 1 heterocycles. The maximum atomic E-state index is 5.46. The molecule has 0 unspecified atom stereocenters. The van der Waals surface area contributed by atoms with Crippen molar-refractivity contribution in [2.24, 2.45) is 4.99 Å². The van der Waals surface area contributed by atoms with Gasteiger partial charge in [-0.2, -0.15) is 0 Å². The van der Waals surface area contributed by atoms with E-state index in [2.05, 4.69) is 39.3 Å². The Labute approximate surface area is 155 Å². The molecule has 0 radical (unpaired) electrons. The van der Waals surface area contributed by atoms with Crippen LogP contribution >= 0.6 is 0 Å². The fourth-order valence-electron chi connectivity index (χ4n) is 2.44. The first-order valence-electron chi connectivity index (χ1n) is 8.90. The molecule has 0 atom stereocenters. The molecule has 26 heavy (non-hydrogen) atoms. The molecule has 2 rings (SSSR count). The zero-order valence-corrected chi connectivity index (χ0v) is 15.9. The van der Waals surface area contributed by atoms with Crippen molar-refractivity contribution >= 4 is 5.96 Å². The smallest absolute Gasteiger partial charge is 0.194 e. The molecule has 0 amide bonds.